The molecule has 0 aliphatic heterocycles. The average Bonchev–Trinajstić information content (AvgIpc) is 3.21. The van der Waals surface area contributed by atoms with E-state index in [-0.39, 0.29) is 13.2 Å². The lowest BCUT2D eigenvalue weighted by Crippen LogP contribution is -2.44. The number of amides is 1. The van der Waals surface area contributed by atoms with E-state index in [0.717, 1.165) is 36.8 Å². The Morgan fingerprint density at radius 2 is 2.00 bits per heavy atom. The van der Waals surface area contributed by atoms with Crippen LogP contribution in [0.4, 0.5) is 4.79 Å². The number of nitrogens with zero attached hydrogens (tertiary/aromatic N) is 4. The van der Waals surface area contributed by atoms with Crippen molar-refractivity contribution >= 4 is 23.4 Å². The number of ketones is 1. The number of rotatable bonds is 9. The van der Waals surface area contributed by atoms with Crippen molar-refractivity contribution in [2.45, 2.75) is 51.3 Å². The third-order valence-electron chi connectivity index (χ3n) is 4.69. The van der Waals surface area contributed by atoms with E-state index in [9.17, 15) is 14.4 Å². The first-order valence-electron chi connectivity index (χ1n) is 9.70. The van der Waals surface area contributed by atoms with E-state index in [1.165, 1.54) is 4.68 Å². The van der Waals surface area contributed by atoms with Crippen LogP contribution < -0.4 is 5.32 Å². The Hall–Kier alpha value is -3.56. The molecule has 10 nitrogen and oxygen atoms in total. The molecule has 2 aromatic rings. The number of aromatic nitrogens is 4. The Labute approximate surface area is 172 Å². The largest absolute Gasteiger partial charge is 0.481 e. The van der Waals surface area contributed by atoms with Gasteiger partial charge in [0.05, 0.1) is 6.42 Å². The number of carbonyl (C=O) groups excluding carboxylic acids is 2. The fourth-order valence-corrected chi connectivity index (χ4v) is 3.17. The Morgan fingerprint density at radius 3 is 2.70 bits per heavy atom. The van der Waals surface area contributed by atoms with Gasteiger partial charge in [0.2, 0.25) is 0 Å². The summed E-state index contributed by atoms with van der Waals surface area (Å²) in [7, 11) is 0. The van der Waals surface area contributed by atoms with Crippen molar-refractivity contribution in [1.82, 2.24) is 25.5 Å². The quantitative estimate of drug-likeness (QED) is 0.637. The third kappa shape index (κ3) is 5.97. The van der Waals surface area contributed by atoms with Crippen LogP contribution in [0.25, 0.3) is 5.57 Å². The molecule has 1 heterocycles. The summed E-state index contributed by atoms with van der Waals surface area (Å²) in [6, 6.07) is 7.75. The number of nitrogens with one attached hydrogen (secondary N) is 1. The number of hydrogen-bond donors (Lipinski definition) is 2. The van der Waals surface area contributed by atoms with E-state index in [0.29, 0.717) is 5.82 Å². The maximum atomic E-state index is 12.7. The third-order valence-corrected chi connectivity index (χ3v) is 4.69. The molecule has 0 fully saturated rings. The number of ether oxygens (including phenoxy) is 1. The average molecular weight is 413 g/mol. The summed E-state index contributed by atoms with van der Waals surface area (Å²) >= 11 is 0. The van der Waals surface area contributed by atoms with Crippen LogP contribution in [-0.2, 0) is 27.5 Å². The molecule has 2 N–H and O–H groups in total. The zero-order valence-electron chi connectivity index (χ0n) is 16.4. The molecule has 158 valence electrons. The number of tetrazole rings is 1. The smallest absolute Gasteiger partial charge is 0.408 e. The number of carbonyl (C=O) groups is 3. The van der Waals surface area contributed by atoms with Gasteiger partial charge in [-0.1, -0.05) is 36.4 Å². The number of hydrogen-bond acceptors (Lipinski definition) is 7. The lowest BCUT2D eigenvalue weighted by Gasteiger charge is -2.17. The monoisotopic (exact) mass is 413 g/mol. The lowest BCUT2D eigenvalue weighted by atomic mass is 9.99. The van der Waals surface area contributed by atoms with Gasteiger partial charge in [0.15, 0.2) is 11.6 Å². The van der Waals surface area contributed by atoms with Crippen LogP contribution >= 0.6 is 0 Å². The molecule has 0 bridgehead atoms. The van der Waals surface area contributed by atoms with E-state index in [4.69, 9.17) is 9.84 Å². The number of allylic oxidation sites excluding steroid dienone is 2. The van der Waals surface area contributed by atoms with Crippen LogP contribution in [0.2, 0.25) is 0 Å². The minimum absolute atomic E-state index is 0.00591. The van der Waals surface area contributed by atoms with Crippen LogP contribution in [-0.4, -0.2) is 49.2 Å². The molecule has 0 spiro atoms. The molecule has 0 saturated heterocycles. The molecule has 0 saturated carbocycles. The molecule has 1 aliphatic rings. The molecule has 10 heteroatoms. The Balaban J connectivity index is 1.63. The Bertz CT molecular complexity index is 925. The van der Waals surface area contributed by atoms with Crippen molar-refractivity contribution in [3.63, 3.8) is 0 Å². The number of alkyl carbamates (subject to hydrolysis) is 1. The molecular weight excluding hydrogens is 390 g/mol. The fraction of sp³-hybridized carbons (Fsp3) is 0.400. The van der Waals surface area contributed by atoms with Gasteiger partial charge in [0, 0.05) is 0 Å². The van der Waals surface area contributed by atoms with E-state index < -0.39 is 30.3 Å². The second-order valence-electron chi connectivity index (χ2n) is 6.96. The lowest BCUT2D eigenvalue weighted by molar-refractivity contribution is -0.139. The Kier molecular flexibility index (Phi) is 7.25. The summed E-state index contributed by atoms with van der Waals surface area (Å²) in [4.78, 5) is 36.0. The van der Waals surface area contributed by atoms with Gasteiger partial charge in [0.25, 0.3) is 0 Å². The van der Waals surface area contributed by atoms with Gasteiger partial charge in [-0.25, -0.2) is 9.48 Å². The highest BCUT2D eigenvalue weighted by Crippen LogP contribution is 2.24. The van der Waals surface area contributed by atoms with Gasteiger partial charge < -0.3 is 15.2 Å². The minimum Gasteiger partial charge on any atom is -0.481 e. The molecule has 1 amide bonds. The van der Waals surface area contributed by atoms with E-state index in [2.05, 4.69) is 20.8 Å². The summed E-state index contributed by atoms with van der Waals surface area (Å²) < 4.78 is 6.43. The molecular formula is C20H23N5O5. The number of Topliss-reactive ketones (excluding diaryl/α,β-unsaturated/α-hetero) is 1. The summed E-state index contributed by atoms with van der Waals surface area (Å²) in [5.41, 5.74) is 1.73. The van der Waals surface area contributed by atoms with E-state index in [1.807, 2.05) is 12.1 Å². The van der Waals surface area contributed by atoms with Crippen molar-refractivity contribution in [2.24, 2.45) is 0 Å². The van der Waals surface area contributed by atoms with E-state index >= 15 is 0 Å². The zero-order chi connectivity index (χ0) is 21.3. The van der Waals surface area contributed by atoms with E-state index in [1.54, 1.807) is 24.3 Å². The van der Waals surface area contributed by atoms with Crippen molar-refractivity contribution in [2.75, 3.05) is 0 Å². The summed E-state index contributed by atoms with van der Waals surface area (Å²) in [5, 5.41) is 23.0. The number of benzene rings is 1. The second-order valence-corrected chi connectivity index (χ2v) is 6.96. The molecule has 30 heavy (non-hydrogen) atoms. The first kappa shape index (κ1) is 21.2. The summed E-state index contributed by atoms with van der Waals surface area (Å²) in [5.74, 6) is -1.26. The molecule has 0 radical (unpaired) electrons. The molecule has 3 rings (SSSR count). The van der Waals surface area contributed by atoms with Crippen LogP contribution in [0.1, 0.15) is 43.5 Å². The van der Waals surface area contributed by atoms with Crippen molar-refractivity contribution < 1.29 is 24.2 Å². The highest BCUT2D eigenvalue weighted by Gasteiger charge is 2.26. The van der Waals surface area contributed by atoms with Crippen LogP contribution in [0, 0.1) is 0 Å². The second kappa shape index (κ2) is 10.3. The van der Waals surface area contributed by atoms with Gasteiger partial charge in [-0.3, -0.25) is 9.59 Å². The molecule has 1 atom stereocenters. The minimum atomic E-state index is -1.26. The van der Waals surface area contributed by atoms with Gasteiger partial charge in [-0.15, -0.1) is 5.10 Å². The maximum absolute atomic E-state index is 12.7. The summed E-state index contributed by atoms with van der Waals surface area (Å²) in [6.07, 6.45) is 4.46. The first-order chi connectivity index (χ1) is 14.5. The molecule has 1 aliphatic carbocycles. The first-order valence-corrected chi connectivity index (χ1v) is 9.70. The van der Waals surface area contributed by atoms with Gasteiger partial charge >= 0.3 is 12.1 Å². The molecule has 1 unspecified atom stereocenters. The van der Waals surface area contributed by atoms with Crippen molar-refractivity contribution in [3.8, 4) is 0 Å². The van der Waals surface area contributed by atoms with Gasteiger partial charge in [-0.05, 0) is 47.2 Å². The van der Waals surface area contributed by atoms with Gasteiger partial charge in [-0.2, -0.15) is 0 Å². The molecule has 1 aromatic heterocycles. The fourth-order valence-electron chi connectivity index (χ4n) is 3.17. The van der Waals surface area contributed by atoms with Crippen molar-refractivity contribution in [1.29, 1.82) is 0 Å². The predicted molar refractivity (Wildman–Crippen MR) is 105 cm³/mol. The van der Waals surface area contributed by atoms with Crippen LogP contribution in [0.3, 0.4) is 0 Å². The highest BCUT2D eigenvalue weighted by molar-refractivity contribution is 5.90. The van der Waals surface area contributed by atoms with Gasteiger partial charge in [0.1, 0.15) is 19.2 Å². The van der Waals surface area contributed by atoms with Crippen LogP contribution in [0.5, 0.6) is 0 Å². The standard InChI is InChI=1S/C20H23N5O5/c26-17(12-25-19(22-23-24-25)15-9-5-2-6-10-15)16(11-18(27)28)21-20(29)30-13-14-7-3-1-4-8-14/h1,3-4,7-9,16H,2,5-6,10-13H2,(H,21,29)(H,27,28). The Morgan fingerprint density at radius 1 is 1.20 bits per heavy atom. The summed E-state index contributed by atoms with van der Waals surface area (Å²) in [6.45, 7) is -0.247. The highest BCUT2D eigenvalue weighted by atomic mass is 16.5. The zero-order valence-corrected chi connectivity index (χ0v) is 16.4. The number of carboxylic acids is 1. The maximum Gasteiger partial charge on any atom is 0.408 e. The topological polar surface area (TPSA) is 136 Å². The van der Waals surface area contributed by atoms with Crippen LogP contribution in [0.15, 0.2) is 36.4 Å². The SMILES string of the molecule is O=C(O)CC(NC(=O)OCc1ccccc1)C(=O)Cn1nnnc1C1=CCCCC1. The van der Waals surface area contributed by atoms with Crippen molar-refractivity contribution in [3.05, 3.63) is 47.8 Å². The molecule has 1 aromatic carbocycles. The number of carboxylic acid groups (broad SMARTS) is 1. The normalized spacial score (nSPS) is 14.5. The predicted octanol–water partition coefficient (Wildman–Crippen LogP) is 1.97. The number of aliphatic carboxylic acids is 1.